The molecule has 3 aliphatic rings. The van der Waals surface area contributed by atoms with Crippen molar-refractivity contribution >= 4 is 21.7 Å². The molecule has 8 heteroatoms. The zero-order valence-corrected chi connectivity index (χ0v) is 16.5. The Morgan fingerprint density at radius 1 is 0.926 bits per heavy atom. The van der Waals surface area contributed by atoms with Crippen molar-refractivity contribution in [2.75, 3.05) is 44.2 Å². The minimum Gasteiger partial charge on any atom is -0.355 e. The molecule has 3 heterocycles. The SMILES string of the molecule is O=C(C1CC1)N1CCCN(c2ccc(S(=O)(=O)N3CCCCC3)cn2)CC1. The summed E-state index contributed by atoms with van der Waals surface area (Å²) in [6.45, 7) is 4.28. The monoisotopic (exact) mass is 392 g/mol. The van der Waals surface area contributed by atoms with Crippen molar-refractivity contribution in [3.8, 4) is 0 Å². The van der Waals surface area contributed by atoms with E-state index in [2.05, 4.69) is 9.88 Å². The summed E-state index contributed by atoms with van der Waals surface area (Å²) >= 11 is 0. The highest BCUT2D eigenvalue weighted by atomic mass is 32.2. The van der Waals surface area contributed by atoms with E-state index in [0.717, 1.165) is 64.0 Å². The normalized spacial score (nSPS) is 22.5. The third-order valence-electron chi connectivity index (χ3n) is 5.73. The Morgan fingerprint density at radius 2 is 1.70 bits per heavy atom. The number of carbonyl (C=O) groups excluding carboxylic acids is 1. The van der Waals surface area contributed by atoms with Gasteiger partial charge in [0.15, 0.2) is 0 Å². The van der Waals surface area contributed by atoms with Crippen molar-refractivity contribution in [1.29, 1.82) is 0 Å². The Bertz CT molecular complexity index is 771. The van der Waals surface area contributed by atoms with E-state index in [1.807, 2.05) is 4.90 Å². The van der Waals surface area contributed by atoms with Gasteiger partial charge < -0.3 is 9.80 Å². The molecule has 0 atom stereocenters. The first kappa shape index (κ1) is 18.7. The molecule has 1 aromatic heterocycles. The minimum absolute atomic E-state index is 0.258. The van der Waals surface area contributed by atoms with E-state index in [9.17, 15) is 13.2 Å². The summed E-state index contributed by atoms with van der Waals surface area (Å²) in [6, 6.07) is 3.47. The first-order chi connectivity index (χ1) is 13.1. The summed E-state index contributed by atoms with van der Waals surface area (Å²) in [7, 11) is -3.44. The van der Waals surface area contributed by atoms with Crippen LogP contribution in [0, 0.1) is 5.92 Å². The lowest BCUT2D eigenvalue weighted by atomic mass is 10.2. The van der Waals surface area contributed by atoms with Crippen molar-refractivity contribution in [1.82, 2.24) is 14.2 Å². The molecule has 27 heavy (non-hydrogen) atoms. The quantitative estimate of drug-likeness (QED) is 0.780. The third kappa shape index (κ3) is 4.11. The van der Waals surface area contributed by atoms with Gasteiger partial charge in [-0.15, -0.1) is 0 Å². The van der Waals surface area contributed by atoms with E-state index in [1.54, 1.807) is 16.4 Å². The molecule has 0 bridgehead atoms. The summed E-state index contributed by atoms with van der Waals surface area (Å²) in [6.07, 6.45) is 7.41. The fourth-order valence-electron chi connectivity index (χ4n) is 3.92. The van der Waals surface area contributed by atoms with Gasteiger partial charge in [0.05, 0.1) is 0 Å². The van der Waals surface area contributed by atoms with E-state index >= 15 is 0 Å². The number of rotatable bonds is 4. The average molecular weight is 393 g/mol. The Balaban J connectivity index is 1.42. The van der Waals surface area contributed by atoms with Gasteiger partial charge in [-0.25, -0.2) is 13.4 Å². The van der Waals surface area contributed by atoms with Gasteiger partial charge in [-0.2, -0.15) is 4.31 Å². The number of hydrogen-bond donors (Lipinski definition) is 0. The fraction of sp³-hybridized carbons (Fsp3) is 0.684. The van der Waals surface area contributed by atoms with E-state index in [4.69, 9.17) is 0 Å². The number of hydrogen-bond acceptors (Lipinski definition) is 5. The molecular formula is C19H28N4O3S. The van der Waals surface area contributed by atoms with Gasteiger partial charge in [0.1, 0.15) is 10.7 Å². The molecule has 1 amide bonds. The van der Waals surface area contributed by atoms with Gasteiger partial charge in [-0.05, 0) is 44.2 Å². The van der Waals surface area contributed by atoms with Crippen molar-refractivity contribution < 1.29 is 13.2 Å². The first-order valence-electron chi connectivity index (χ1n) is 10.1. The molecule has 0 spiro atoms. The number of pyridine rings is 1. The van der Waals surface area contributed by atoms with Crippen LogP contribution >= 0.6 is 0 Å². The lowest BCUT2D eigenvalue weighted by Gasteiger charge is -2.26. The highest BCUT2D eigenvalue weighted by molar-refractivity contribution is 7.89. The molecule has 3 fully saturated rings. The van der Waals surface area contributed by atoms with Gasteiger partial charge in [-0.1, -0.05) is 6.42 Å². The molecule has 7 nitrogen and oxygen atoms in total. The van der Waals surface area contributed by atoms with E-state index in [-0.39, 0.29) is 10.8 Å². The predicted octanol–water partition coefficient (Wildman–Crippen LogP) is 1.70. The van der Waals surface area contributed by atoms with Crippen LogP contribution in [0.3, 0.4) is 0 Å². The smallest absolute Gasteiger partial charge is 0.244 e. The highest BCUT2D eigenvalue weighted by Crippen LogP contribution is 2.31. The van der Waals surface area contributed by atoms with Gasteiger partial charge >= 0.3 is 0 Å². The molecule has 148 valence electrons. The van der Waals surface area contributed by atoms with Gasteiger partial charge in [0.25, 0.3) is 0 Å². The van der Waals surface area contributed by atoms with Crippen LogP contribution in [0.1, 0.15) is 38.5 Å². The van der Waals surface area contributed by atoms with Crippen LogP contribution in [0.15, 0.2) is 23.2 Å². The van der Waals surface area contributed by atoms with Gasteiger partial charge in [-0.3, -0.25) is 4.79 Å². The second kappa shape index (κ2) is 7.75. The van der Waals surface area contributed by atoms with Crippen LogP contribution in [0.25, 0.3) is 0 Å². The Hall–Kier alpha value is -1.67. The average Bonchev–Trinajstić information content (AvgIpc) is 3.55. The summed E-state index contributed by atoms with van der Waals surface area (Å²) in [4.78, 5) is 21.1. The molecule has 2 aliphatic heterocycles. The predicted molar refractivity (Wildman–Crippen MR) is 103 cm³/mol. The van der Waals surface area contributed by atoms with E-state index < -0.39 is 10.0 Å². The lowest BCUT2D eigenvalue weighted by Crippen LogP contribution is -2.36. The summed E-state index contributed by atoms with van der Waals surface area (Å²) in [5.74, 6) is 1.34. The molecule has 1 aromatic rings. The second-order valence-electron chi connectivity index (χ2n) is 7.76. The van der Waals surface area contributed by atoms with Crippen LogP contribution in [-0.4, -0.2) is 67.8 Å². The number of amides is 1. The van der Waals surface area contributed by atoms with Gasteiger partial charge in [0, 0.05) is 51.4 Å². The second-order valence-corrected chi connectivity index (χ2v) is 9.69. The molecule has 0 N–H and O–H groups in total. The third-order valence-corrected chi connectivity index (χ3v) is 7.61. The van der Waals surface area contributed by atoms with Crippen molar-refractivity contribution in [3.63, 3.8) is 0 Å². The standard InChI is InChI=1S/C19H28N4O3S/c24-19(16-5-6-16)22-10-4-9-21(13-14-22)18-8-7-17(15-20-18)27(25,26)23-11-2-1-3-12-23/h7-8,15-16H,1-6,9-14H2. The van der Waals surface area contributed by atoms with Crippen LogP contribution < -0.4 is 4.90 Å². The molecular weight excluding hydrogens is 364 g/mol. The molecule has 2 saturated heterocycles. The molecule has 1 saturated carbocycles. The minimum atomic E-state index is -3.44. The molecule has 1 aliphatic carbocycles. The number of carbonyl (C=O) groups is 1. The largest absolute Gasteiger partial charge is 0.355 e. The number of piperidine rings is 1. The maximum Gasteiger partial charge on any atom is 0.244 e. The zero-order valence-electron chi connectivity index (χ0n) is 15.7. The fourth-order valence-corrected chi connectivity index (χ4v) is 5.38. The molecule has 4 rings (SSSR count). The zero-order chi connectivity index (χ0) is 18.9. The number of anilines is 1. The summed E-state index contributed by atoms with van der Waals surface area (Å²) < 4.78 is 27.1. The van der Waals surface area contributed by atoms with Crippen molar-refractivity contribution in [2.24, 2.45) is 5.92 Å². The van der Waals surface area contributed by atoms with E-state index in [0.29, 0.717) is 25.5 Å². The topological polar surface area (TPSA) is 73.8 Å². The number of sulfonamides is 1. The molecule has 0 aromatic carbocycles. The number of nitrogens with zero attached hydrogens (tertiary/aromatic N) is 4. The molecule has 0 unspecified atom stereocenters. The van der Waals surface area contributed by atoms with Crippen LogP contribution in [0.5, 0.6) is 0 Å². The summed E-state index contributed by atoms with van der Waals surface area (Å²) in [5, 5.41) is 0. The number of aromatic nitrogens is 1. The summed E-state index contributed by atoms with van der Waals surface area (Å²) in [5.41, 5.74) is 0. The Morgan fingerprint density at radius 3 is 2.37 bits per heavy atom. The van der Waals surface area contributed by atoms with Crippen molar-refractivity contribution in [2.45, 2.75) is 43.4 Å². The van der Waals surface area contributed by atoms with Crippen LogP contribution in [0.2, 0.25) is 0 Å². The molecule has 0 radical (unpaired) electrons. The Labute approximate surface area is 161 Å². The maximum absolute atomic E-state index is 12.7. The Kier molecular flexibility index (Phi) is 5.36. The van der Waals surface area contributed by atoms with Gasteiger partial charge in [0.2, 0.25) is 15.9 Å². The lowest BCUT2D eigenvalue weighted by molar-refractivity contribution is -0.132. The maximum atomic E-state index is 12.7. The highest BCUT2D eigenvalue weighted by Gasteiger charge is 2.34. The van der Waals surface area contributed by atoms with Crippen molar-refractivity contribution in [3.05, 3.63) is 18.3 Å². The van der Waals surface area contributed by atoms with Crippen LogP contribution in [0.4, 0.5) is 5.82 Å². The first-order valence-corrected chi connectivity index (χ1v) is 11.5. The van der Waals surface area contributed by atoms with Crippen LogP contribution in [-0.2, 0) is 14.8 Å². The van der Waals surface area contributed by atoms with E-state index in [1.165, 1.54) is 6.20 Å².